The predicted molar refractivity (Wildman–Crippen MR) is 108 cm³/mol. The van der Waals surface area contributed by atoms with Crippen LogP contribution in [0, 0.1) is 0 Å². The Labute approximate surface area is 160 Å². The van der Waals surface area contributed by atoms with Crippen LogP contribution in [0.4, 0.5) is 11.4 Å². The van der Waals surface area contributed by atoms with Crippen LogP contribution in [-0.4, -0.2) is 46.0 Å². The van der Waals surface area contributed by atoms with Crippen molar-refractivity contribution in [2.45, 2.75) is 12.5 Å². The molecule has 2 aromatic carbocycles. The van der Waals surface area contributed by atoms with E-state index in [0.717, 1.165) is 24.2 Å². The van der Waals surface area contributed by atoms with Crippen LogP contribution in [-0.2, 0) is 16.0 Å². The maximum Gasteiger partial charge on any atom is 0.309 e. The first-order chi connectivity index (χ1) is 13.0. The van der Waals surface area contributed by atoms with E-state index in [1.807, 2.05) is 20.2 Å². The fourth-order valence-electron chi connectivity index (χ4n) is 3.47. The number of likely N-dealkylation sites (N-methyl/N-ethyl adjacent to an activating group) is 1. The molecule has 2 N–H and O–H groups in total. The maximum absolute atomic E-state index is 12.0. The fourth-order valence-corrected chi connectivity index (χ4v) is 3.47. The molecule has 1 heterocycles. The molecule has 0 saturated carbocycles. The highest BCUT2D eigenvalue weighted by atomic mass is 16.2. The largest absolute Gasteiger partial charge is 0.378 e. The minimum atomic E-state index is -0.626. The molecular formula is C21H26N4O2. The van der Waals surface area contributed by atoms with Gasteiger partial charge in [-0.3, -0.25) is 9.59 Å². The van der Waals surface area contributed by atoms with Gasteiger partial charge in [0.25, 0.3) is 0 Å². The Bertz CT molecular complexity index is 817. The zero-order chi connectivity index (χ0) is 19.4. The second-order valence-electron chi connectivity index (χ2n) is 6.86. The number of amides is 2. The van der Waals surface area contributed by atoms with Crippen LogP contribution in [0.25, 0.3) is 0 Å². The molecule has 6 nitrogen and oxygen atoms in total. The molecule has 0 unspecified atom stereocenters. The lowest BCUT2D eigenvalue weighted by molar-refractivity contribution is -0.138. The first-order valence-electron chi connectivity index (χ1n) is 9.13. The van der Waals surface area contributed by atoms with Crippen LogP contribution in [0.5, 0.6) is 0 Å². The molecule has 0 aromatic heterocycles. The van der Waals surface area contributed by atoms with E-state index in [1.54, 1.807) is 0 Å². The zero-order valence-corrected chi connectivity index (χ0v) is 16.0. The minimum absolute atomic E-state index is 0.0431. The van der Waals surface area contributed by atoms with Gasteiger partial charge in [-0.2, -0.15) is 0 Å². The summed E-state index contributed by atoms with van der Waals surface area (Å²) in [7, 11) is 5.47. The van der Waals surface area contributed by atoms with E-state index in [1.165, 1.54) is 18.3 Å². The van der Waals surface area contributed by atoms with E-state index in [4.69, 9.17) is 0 Å². The lowest BCUT2D eigenvalue weighted by atomic mass is 10.0. The third-order valence-electron chi connectivity index (χ3n) is 4.98. The molecule has 0 aliphatic carbocycles. The van der Waals surface area contributed by atoms with Gasteiger partial charge in [-0.15, -0.1) is 0 Å². The Morgan fingerprint density at radius 3 is 2.44 bits per heavy atom. The van der Waals surface area contributed by atoms with E-state index < -0.39 is 11.8 Å². The van der Waals surface area contributed by atoms with Gasteiger partial charge in [0.05, 0.1) is 6.04 Å². The third kappa shape index (κ3) is 4.05. The van der Waals surface area contributed by atoms with Crippen molar-refractivity contribution < 1.29 is 9.59 Å². The average Bonchev–Trinajstić information content (AvgIpc) is 3.11. The van der Waals surface area contributed by atoms with E-state index in [2.05, 4.69) is 62.9 Å². The molecule has 0 fully saturated rings. The molecule has 3 rings (SSSR count). The number of nitrogens with zero attached hydrogens (tertiary/aromatic N) is 2. The fraction of sp³-hybridized carbons (Fsp3) is 0.333. The standard InChI is InChI=1S/C21H26N4O2/c1-22-20(26)21(27)23-14-19(16-8-10-17(11-9-16)24(2)3)25-13-12-15-6-4-5-7-18(15)25/h4-11,19H,12-14H2,1-3H3,(H,22,26)(H,23,27)/t19-/m1/s1. The van der Waals surface area contributed by atoms with Crippen molar-refractivity contribution in [1.82, 2.24) is 10.6 Å². The van der Waals surface area contributed by atoms with Crippen molar-refractivity contribution in [3.05, 3.63) is 59.7 Å². The van der Waals surface area contributed by atoms with E-state index in [-0.39, 0.29) is 6.04 Å². The predicted octanol–water partition coefficient (Wildman–Crippen LogP) is 1.72. The first-order valence-corrected chi connectivity index (χ1v) is 9.13. The number of fused-ring (bicyclic) bond motifs is 1. The van der Waals surface area contributed by atoms with Gasteiger partial charge < -0.3 is 20.4 Å². The van der Waals surface area contributed by atoms with Crippen molar-refractivity contribution in [1.29, 1.82) is 0 Å². The summed E-state index contributed by atoms with van der Waals surface area (Å²) in [5.74, 6) is -1.24. The number of hydrogen-bond donors (Lipinski definition) is 2. The van der Waals surface area contributed by atoms with Gasteiger partial charge in [0, 0.05) is 45.6 Å². The number of nitrogens with one attached hydrogen (secondary N) is 2. The molecule has 2 aromatic rings. The summed E-state index contributed by atoms with van der Waals surface area (Å²) in [6, 6.07) is 16.6. The molecule has 0 bridgehead atoms. The van der Waals surface area contributed by atoms with Crippen LogP contribution in [0.2, 0.25) is 0 Å². The summed E-state index contributed by atoms with van der Waals surface area (Å²) >= 11 is 0. The summed E-state index contributed by atoms with van der Waals surface area (Å²) < 4.78 is 0. The average molecular weight is 366 g/mol. The van der Waals surface area contributed by atoms with Crippen LogP contribution in [0.3, 0.4) is 0 Å². The van der Waals surface area contributed by atoms with Crippen molar-refractivity contribution in [3.8, 4) is 0 Å². The molecule has 0 saturated heterocycles. The molecule has 1 aliphatic heterocycles. The summed E-state index contributed by atoms with van der Waals surface area (Å²) in [4.78, 5) is 27.9. The Morgan fingerprint density at radius 2 is 1.78 bits per heavy atom. The highest BCUT2D eigenvalue weighted by Gasteiger charge is 2.28. The molecule has 142 valence electrons. The lowest BCUT2D eigenvalue weighted by Gasteiger charge is -2.31. The van der Waals surface area contributed by atoms with Gasteiger partial charge in [0.1, 0.15) is 0 Å². The monoisotopic (exact) mass is 366 g/mol. The molecule has 1 atom stereocenters. The second-order valence-corrected chi connectivity index (χ2v) is 6.86. The maximum atomic E-state index is 12.0. The van der Waals surface area contributed by atoms with Gasteiger partial charge in [-0.25, -0.2) is 0 Å². The van der Waals surface area contributed by atoms with Crippen LogP contribution < -0.4 is 20.4 Å². The quantitative estimate of drug-likeness (QED) is 0.791. The van der Waals surface area contributed by atoms with Crippen LogP contribution in [0.1, 0.15) is 17.2 Å². The van der Waals surface area contributed by atoms with Gasteiger partial charge >= 0.3 is 11.8 Å². The normalized spacial score (nSPS) is 13.7. The Balaban J connectivity index is 1.87. The summed E-state index contributed by atoms with van der Waals surface area (Å²) in [5, 5.41) is 5.14. The Morgan fingerprint density at radius 1 is 1.07 bits per heavy atom. The third-order valence-corrected chi connectivity index (χ3v) is 4.98. The molecule has 2 amide bonds. The molecule has 0 spiro atoms. The highest BCUT2D eigenvalue weighted by Crippen LogP contribution is 2.35. The SMILES string of the molecule is CNC(=O)C(=O)NC[C@H](c1ccc(N(C)C)cc1)N1CCc2ccccc21. The molecule has 1 aliphatic rings. The number of hydrogen-bond acceptors (Lipinski definition) is 4. The number of carbonyl (C=O) groups excluding carboxylic acids is 2. The molecular weight excluding hydrogens is 340 g/mol. The van der Waals surface area contributed by atoms with Gasteiger partial charge in [-0.1, -0.05) is 30.3 Å². The van der Waals surface area contributed by atoms with Crippen LogP contribution >= 0.6 is 0 Å². The molecule has 27 heavy (non-hydrogen) atoms. The minimum Gasteiger partial charge on any atom is -0.378 e. The Kier molecular flexibility index (Phi) is 5.64. The summed E-state index contributed by atoms with van der Waals surface area (Å²) in [6.07, 6.45) is 0.978. The number of para-hydroxylation sites is 1. The topological polar surface area (TPSA) is 64.7 Å². The molecule has 0 radical (unpaired) electrons. The van der Waals surface area contributed by atoms with Gasteiger partial charge in [-0.05, 0) is 35.7 Å². The van der Waals surface area contributed by atoms with Crippen molar-refractivity contribution in [3.63, 3.8) is 0 Å². The van der Waals surface area contributed by atoms with Crippen molar-refractivity contribution in [2.24, 2.45) is 0 Å². The van der Waals surface area contributed by atoms with Crippen LogP contribution in [0.15, 0.2) is 48.5 Å². The van der Waals surface area contributed by atoms with E-state index in [0.29, 0.717) is 6.54 Å². The van der Waals surface area contributed by atoms with Crippen molar-refractivity contribution >= 4 is 23.2 Å². The summed E-state index contributed by atoms with van der Waals surface area (Å²) in [5.41, 5.74) is 4.72. The van der Waals surface area contributed by atoms with Gasteiger partial charge in [0.2, 0.25) is 0 Å². The first kappa shape index (κ1) is 18.8. The highest BCUT2D eigenvalue weighted by molar-refractivity contribution is 6.35. The summed E-state index contributed by atoms with van der Waals surface area (Å²) in [6.45, 7) is 1.25. The number of carbonyl (C=O) groups is 2. The molecule has 6 heteroatoms. The number of benzene rings is 2. The van der Waals surface area contributed by atoms with E-state index >= 15 is 0 Å². The van der Waals surface area contributed by atoms with Crippen molar-refractivity contribution in [2.75, 3.05) is 44.0 Å². The Hall–Kier alpha value is -3.02. The lowest BCUT2D eigenvalue weighted by Crippen LogP contribution is -2.43. The van der Waals surface area contributed by atoms with Gasteiger partial charge in [0.15, 0.2) is 0 Å². The zero-order valence-electron chi connectivity index (χ0n) is 16.0. The second kappa shape index (κ2) is 8.12. The number of anilines is 2. The van der Waals surface area contributed by atoms with E-state index in [9.17, 15) is 9.59 Å². The number of rotatable bonds is 5. The smallest absolute Gasteiger partial charge is 0.309 e.